The van der Waals surface area contributed by atoms with Crippen LogP contribution in [0.15, 0.2) is 24.5 Å². The Balaban J connectivity index is 2.94. The minimum Gasteiger partial charge on any atom is -0.492 e. The van der Waals surface area contributed by atoms with Crippen molar-refractivity contribution in [3.05, 3.63) is 35.7 Å². The van der Waals surface area contributed by atoms with Gasteiger partial charge in [0.25, 0.3) is 0 Å². The Morgan fingerprint density at radius 2 is 1.80 bits per heavy atom. The standard InChI is InChI=1S/C19H24N2O4/c1-5-6-9-13-15(19(20)22)14(12-8-7-10-21-11-12)17(24-3)18(25-4)16(13)23-2/h7-8,10-11H,5-6,9H2,1-4H3,(H2,20,22). The Morgan fingerprint density at radius 3 is 2.28 bits per heavy atom. The van der Waals surface area contributed by atoms with E-state index in [0.717, 1.165) is 24.0 Å². The van der Waals surface area contributed by atoms with Crippen molar-refractivity contribution in [2.24, 2.45) is 5.73 Å². The average Bonchev–Trinajstić information content (AvgIpc) is 2.64. The molecule has 2 rings (SSSR count). The summed E-state index contributed by atoms with van der Waals surface area (Å²) in [6.07, 6.45) is 5.83. The minimum atomic E-state index is -0.538. The molecule has 1 aromatic heterocycles. The molecular formula is C19H24N2O4. The molecule has 0 aliphatic carbocycles. The third-order valence-corrected chi connectivity index (χ3v) is 4.05. The van der Waals surface area contributed by atoms with Gasteiger partial charge in [-0.3, -0.25) is 9.78 Å². The lowest BCUT2D eigenvalue weighted by molar-refractivity contribution is 0.0999. The van der Waals surface area contributed by atoms with Crippen LogP contribution in [0.4, 0.5) is 0 Å². The van der Waals surface area contributed by atoms with Gasteiger partial charge in [0.2, 0.25) is 11.7 Å². The number of aromatic nitrogens is 1. The van der Waals surface area contributed by atoms with Gasteiger partial charge in [0.15, 0.2) is 11.5 Å². The van der Waals surface area contributed by atoms with Crippen molar-refractivity contribution >= 4 is 5.91 Å². The molecule has 2 aromatic rings. The van der Waals surface area contributed by atoms with Crippen LogP contribution in [-0.2, 0) is 6.42 Å². The number of carbonyl (C=O) groups is 1. The second kappa shape index (κ2) is 8.37. The maximum Gasteiger partial charge on any atom is 0.249 e. The quantitative estimate of drug-likeness (QED) is 0.795. The van der Waals surface area contributed by atoms with Crippen LogP contribution in [0.2, 0.25) is 0 Å². The molecule has 134 valence electrons. The highest BCUT2D eigenvalue weighted by molar-refractivity contribution is 6.04. The molecule has 0 aliphatic heterocycles. The van der Waals surface area contributed by atoms with Crippen molar-refractivity contribution in [1.82, 2.24) is 4.98 Å². The molecular weight excluding hydrogens is 320 g/mol. The van der Waals surface area contributed by atoms with Crippen LogP contribution in [0.1, 0.15) is 35.7 Å². The van der Waals surface area contributed by atoms with Crippen molar-refractivity contribution in [3.63, 3.8) is 0 Å². The zero-order valence-electron chi connectivity index (χ0n) is 15.1. The number of unbranched alkanes of at least 4 members (excludes halogenated alkanes) is 1. The van der Waals surface area contributed by atoms with E-state index in [2.05, 4.69) is 11.9 Å². The lowest BCUT2D eigenvalue weighted by Gasteiger charge is -2.22. The van der Waals surface area contributed by atoms with E-state index in [1.807, 2.05) is 6.07 Å². The molecule has 1 amide bonds. The molecule has 0 unspecified atom stereocenters. The SMILES string of the molecule is CCCCc1c(OC)c(OC)c(OC)c(-c2cccnc2)c1C(N)=O. The number of benzene rings is 1. The summed E-state index contributed by atoms with van der Waals surface area (Å²) in [5.41, 5.74) is 8.17. The van der Waals surface area contributed by atoms with Crippen LogP contribution in [0.5, 0.6) is 17.2 Å². The molecule has 25 heavy (non-hydrogen) atoms. The fourth-order valence-corrected chi connectivity index (χ4v) is 2.98. The number of rotatable bonds is 8. The van der Waals surface area contributed by atoms with E-state index < -0.39 is 5.91 Å². The summed E-state index contributed by atoms with van der Waals surface area (Å²) in [6.45, 7) is 2.08. The summed E-state index contributed by atoms with van der Waals surface area (Å²) in [5, 5.41) is 0. The van der Waals surface area contributed by atoms with Gasteiger partial charge in [-0.05, 0) is 18.9 Å². The van der Waals surface area contributed by atoms with E-state index in [4.69, 9.17) is 19.9 Å². The second-order valence-corrected chi connectivity index (χ2v) is 5.54. The largest absolute Gasteiger partial charge is 0.492 e. The highest BCUT2D eigenvalue weighted by Crippen LogP contribution is 2.49. The number of methoxy groups -OCH3 is 3. The molecule has 0 saturated heterocycles. The highest BCUT2D eigenvalue weighted by atomic mass is 16.5. The molecule has 0 spiro atoms. The Hall–Kier alpha value is -2.76. The predicted molar refractivity (Wildman–Crippen MR) is 96.5 cm³/mol. The summed E-state index contributed by atoms with van der Waals surface area (Å²) in [5.74, 6) is 0.791. The monoisotopic (exact) mass is 344 g/mol. The summed E-state index contributed by atoms with van der Waals surface area (Å²) in [7, 11) is 4.61. The molecule has 2 N–H and O–H groups in total. The van der Waals surface area contributed by atoms with Gasteiger partial charge >= 0.3 is 0 Å². The summed E-state index contributed by atoms with van der Waals surface area (Å²) >= 11 is 0. The lowest BCUT2D eigenvalue weighted by atomic mass is 9.90. The maximum atomic E-state index is 12.4. The number of ether oxygens (including phenoxy) is 3. The maximum absolute atomic E-state index is 12.4. The Labute approximate surface area is 147 Å². The first-order valence-electron chi connectivity index (χ1n) is 8.15. The van der Waals surface area contributed by atoms with E-state index in [0.29, 0.717) is 34.8 Å². The van der Waals surface area contributed by atoms with Crippen LogP contribution >= 0.6 is 0 Å². The zero-order chi connectivity index (χ0) is 18.4. The summed E-state index contributed by atoms with van der Waals surface area (Å²) < 4.78 is 16.7. The van der Waals surface area contributed by atoms with Crippen molar-refractivity contribution in [2.45, 2.75) is 26.2 Å². The fourth-order valence-electron chi connectivity index (χ4n) is 2.98. The molecule has 6 heteroatoms. The van der Waals surface area contributed by atoms with Gasteiger partial charge in [-0.25, -0.2) is 0 Å². The van der Waals surface area contributed by atoms with Crippen LogP contribution in [0.25, 0.3) is 11.1 Å². The van der Waals surface area contributed by atoms with Gasteiger partial charge in [0.1, 0.15) is 0 Å². The predicted octanol–water partition coefficient (Wildman–Crippen LogP) is 3.22. The van der Waals surface area contributed by atoms with E-state index in [-0.39, 0.29) is 0 Å². The first kappa shape index (κ1) is 18.6. The molecule has 0 atom stereocenters. The van der Waals surface area contributed by atoms with E-state index >= 15 is 0 Å². The Morgan fingerprint density at radius 1 is 1.12 bits per heavy atom. The van der Waals surface area contributed by atoms with E-state index in [1.165, 1.54) is 7.11 Å². The number of nitrogens with two attached hydrogens (primary N) is 1. The summed E-state index contributed by atoms with van der Waals surface area (Å²) in [6, 6.07) is 3.65. The molecule has 1 aromatic carbocycles. The first-order valence-corrected chi connectivity index (χ1v) is 8.15. The molecule has 0 fully saturated rings. The molecule has 0 saturated carbocycles. The Kier molecular flexibility index (Phi) is 6.22. The fraction of sp³-hybridized carbons (Fsp3) is 0.368. The van der Waals surface area contributed by atoms with Gasteiger partial charge in [0.05, 0.1) is 26.9 Å². The number of hydrogen-bond donors (Lipinski definition) is 1. The molecule has 0 aliphatic rings. The third kappa shape index (κ3) is 3.52. The number of primary amides is 1. The van der Waals surface area contributed by atoms with Crippen LogP contribution in [0, 0.1) is 0 Å². The number of amides is 1. The second-order valence-electron chi connectivity index (χ2n) is 5.54. The number of carbonyl (C=O) groups excluding carboxylic acids is 1. The summed E-state index contributed by atoms with van der Waals surface area (Å²) in [4.78, 5) is 16.5. The molecule has 0 radical (unpaired) electrons. The van der Waals surface area contributed by atoms with E-state index in [9.17, 15) is 4.79 Å². The van der Waals surface area contributed by atoms with E-state index in [1.54, 1.807) is 32.7 Å². The smallest absolute Gasteiger partial charge is 0.249 e. The topological polar surface area (TPSA) is 83.7 Å². The van der Waals surface area contributed by atoms with Gasteiger partial charge < -0.3 is 19.9 Å². The normalized spacial score (nSPS) is 10.4. The zero-order valence-corrected chi connectivity index (χ0v) is 15.1. The van der Waals surface area contributed by atoms with Crippen LogP contribution in [0.3, 0.4) is 0 Å². The van der Waals surface area contributed by atoms with Gasteiger partial charge in [0, 0.05) is 29.1 Å². The molecule has 6 nitrogen and oxygen atoms in total. The minimum absolute atomic E-state index is 0.385. The van der Waals surface area contributed by atoms with Crippen molar-refractivity contribution < 1.29 is 19.0 Å². The van der Waals surface area contributed by atoms with Crippen molar-refractivity contribution in [2.75, 3.05) is 21.3 Å². The molecule has 1 heterocycles. The number of hydrogen-bond acceptors (Lipinski definition) is 5. The van der Waals surface area contributed by atoms with Crippen molar-refractivity contribution in [3.8, 4) is 28.4 Å². The van der Waals surface area contributed by atoms with Gasteiger partial charge in [-0.15, -0.1) is 0 Å². The van der Waals surface area contributed by atoms with Crippen molar-refractivity contribution in [1.29, 1.82) is 0 Å². The number of nitrogens with zero attached hydrogens (tertiary/aromatic N) is 1. The lowest BCUT2D eigenvalue weighted by Crippen LogP contribution is -2.18. The number of pyridine rings is 1. The highest BCUT2D eigenvalue weighted by Gasteiger charge is 2.29. The third-order valence-electron chi connectivity index (χ3n) is 4.05. The average molecular weight is 344 g/mol. The van der Waals surface area contributed by atoms with Gasteiger partial charge in [-0.1, -0.05) is 19.4 Å². The molecule has 0 bridgehead atoms. The first-order chi connectivity index (χ1) is 12.1. The van der Waals surface area contributed by atoms with Crippen LogP contribution in [-0.4, -0.2) is 32.2 Å². The Bertz CT molecular complexity index is 745. The van der Waals surface area contributed by atoms with Gasteiger partial charge in [-0.2, -0.15) is 0 Å². The van der Waals surface area contributed by atoms with Crippen LogP contribution < -0.4 is 19.9 Å².